The van der Waals surface area contributed by atoms with E-state index in [2.05, 4.69) is 16.4 Å². The summed E-state index contributed by atoms with van der Waals surface area (Å²) in [5.74, 6) is -0.144. The lowest BCUT2D eigenvalue weighted by molar-refractivity contribution is -0.118. The first-order chi connectivity index (χ1) is 17.4. The van der Waals surface area contributed by atoms with Crippen LogP contribution < -0.4 is 5.32 Å². The number of allylic oxidation sites excluding steroid dienone is 1. The first-order valence-electron chi connectivity index (χ1n) is 11.9. The van der Waals surface area contributed by atoms with Gasteiger partial charge in [0.15, 0.2) is 5.78 Å². The van der Waals surface area contributed by atoms with Gasteiger partial charge in [0, 0.05) is 16.0 Å². The highest BCUT2D eigenvalue weighted by Crippen LogP contribution is 2.35. The molecule has 1 atom stereocenters. The zero-order valence-corrected chi connectivity index (χ0v) is 21.1. The molecule has 0 radical (unpaired) electrons. The molecule has 0 bridgehead atoms. The summed E-state index contributed by atoms with van der Waals surface area (Å²) in [6.45, 7) is 3.59. The van der Waals surface area contributed by atoms with Crippen LogP contribution in [0.4, 0.5) is 0 Å². The lowest BCUT2D eigenvalue weighted by atomic mass is 10.0. The van der Waals surface area contributed by atoms with Crippen LogP contribution in [0.25, 0.3) is 15.8 Å². The maximum absolute atomic E-state index is 13.2. The number of Topliss-reactive ketones (excluding diaryl/α,β-unsaturated/α-hetero) is 1. The van der Waals surface area contributed by atoms with Crippen LogP contribution in [-0.2, 0) is 16.0 Å². The Morgan fingerprint density at radius 2 is 1.92 bits per heavy atom. The molecule has 0 fully saturated rings. The summed E-state index contributed by atoms with van der Waals surface area (Å²) in [7, 11) is 0. The van der Waals surface area contributed by atoms with E-state index >= 15 is 0 Å². The first kappa shape index (κ1) is 25.4. The van der Waals surface area contributed by atoms with Crippen LogP contribution in [0.5, 0.6) is 5.75 Å². The number of esters is 1. The number of carbonyl (C=O) groups is 3. The quantitative estimate of drug-likeness (QED) is 0.399. The maximum atomic E-state index is 13.2. The standard InChI is InChI=1S/C28H28N2O5S/c1-3-12-35-28(34)22-16-25(29-23-11-8-19(15-21(22)23)26-5-4-13-36-26)27(33)30-24(17(2)31)14-18-6-9-20(32)10-7-18/h5-11,15-16,24,32H,3-4,12-14H2,1-2H3,(H,30,33)/t24-/m0/s1. The van der Waals surface area contributed by atoms with Crippen molar-refractivity contribution in [3.63, 3.8) is 0 Å². The summed E-state index contributed by atoms with van der Waals surface area (Å²) in [5.41, 5.74) is 2.58. The highest BCUT2D eigenvalue weighted by molar-refractivity contribution is 8.08. The molecule has 8 heteroatoms. The lowest BCUT2D eigenvalue weighted by Gasteiger charge is -2.17. The van der Waals surface area contributed by atoms with Crippen molar-refractivity contribution in [3.05, 3.63) is 77.0 Å². The molecule has 3 aromatic rings. The largest absolute Gasteiger partial charge is 0.508 e. The van der Waals surface area contributed by atoms with Gasteiger partial charge < -0.3 is 15.2 Å². The number of phenolic OH excluding ortho intramolecular Hbond substituents is 1. The number of aromatic hydroxyl groups is 1. The number of ether oxygens (including phenoxy) is 1. The number of phenols is 1. The highest BCUT2D eigenvalue weighted by Gasteiger charge is 2.23. The number of aromatic nitrogens is 1. The Balaban J connectivity index is 1.66. The number of amides is 1. The molecule has 1 aliphatic heterocycles. The van der Waals surface area contributed by atoms with E-state index in [-0.39, 0.29) is 35.8 Å². The zero-order valence-electron chi connectivity index (χ0n) is 20.2. The lowest BCUT2D eigenvalue weighted by Crippen LogP contribution is -2.41. The molecule has 1 amide bonds. The van der Waals surface area contributed by atoms with Crippen LogP contribution in [0, 0.1) is 0 Å². The van der Waals surface area contributed by atoms with Crippen LogP contribution in [0.2, 0.25) is 0 Å². The zero-order chi connectivity index (χ0) is 25.7. The molecule has 186 valence electrons. The van der Waals surface area contributed by atoms with E-state index in [1.54, 1.807) is 30.0 Å². The predicted molar refractivity (Wildman–Crippen MR) is 141 cm³/mol. The number of carbonyl (C=O) groups excluding carboxylic acids is 3. The van der Waals surface area contributed by atoms with Gasteiger partial charge in [-0.05, 0) is 67.6 Å². The number of fused-ring (bicyclic) bond motifs is 1. The van der Waals surface area contributed by atoms with Crippen molar-refractivity contribution in [3.8, 4) is 5.75 Å². The van der Waals surface area contributed by atoms with Crippen LogP contribution in [0.3, 0.4) is 0 Å². The van der Waals surface area contributed by atoms with Crippen LogP contribution in [0.15, 0.2) is 54.6 Å². The molecule has 0 saturated heterocycles. The predicted octanol–water partition coefficient (Wildman–Crippen LogP) is 4.92. The summed E-state index contributed by atoms with van der Waals surface area (Å²) in [5, 5.41) is 12.9. The van der Waals surface area contributed by atoms with E-state index in [0.717, 1.165) is 28.2 Å². The SMILES string of the molecule is CCCOC(=O)c1cc(C(=O)N[C@@H](Cc2ccc(O)cc2)C(C)=O)nc2ccc(C3=CCCS3)cc12. The second kappa shape index (κ2) is 11.4. The molecule has 1 aromatic heterocycles. The van der Waals surface area contributed by atoms with Gasteiger partial charge in [-0.1, -0.05) is 31.2 Å². The fourth-order valence-electron chi connectivity index (χ4n) is 3.95. The summed E-state index contributed by atoms with van der Waals surface area (Å²) in [6, 6.07) is 12.8. The molecule has 0 unspecified atom stereocenters. The minimum Gasteiger partial charge on any atom is -0.508 e. The molecule has 0 saturated carbocycles. The third-order valence-electron chi connectivity index (χ3n) is 5.86. The minimum atomic E-state index is -0.788. The topological polar surface area (TPSA) is 106 Å². The molecule has 4 rings (SSSR count). The van der Waals surface area contributed by atoms with E-state index in [0.29, 0.717) is 17.3 Å². The Morgan fingerprint density at radius 3 is 2.58 bits per heavy atom. The summed E-state index contributed by atoms with van der Waals surface area (Å²) < 4.78 is 5.40. The van der Waals surface area contributed by atoms with Crippen LogP contribution >= 0.6 is 11.8 Å². The van der Waals surface area contributed by atoms with Crippen molar-refractivity contribution in [2.24, 2.45) is 0 Å². The second-order valence-electron chi connectivity index (χ2n) is 8.64. The number of hydrogen-bond acceptors (Lipinski definition) is 7. The smallest absolute Gasteiger partial charge is 0.338 e. The summed E-state index contributed by atoms with van der Waals surface area (Å²) in [6.07, 6.45) is 4.11. The van der Waals surface area contributed by atoms with Gasteiger partial charge in [-0.2, -0.15) is 0 Å². The van der Waals surface area contributed by atoms with E-state index in [9.17, 15) is 19.5 Å². The normalized spacial score (nSPS) is 13.8. The monoisotopic (exact) mass is 504 g/mol. The number of nitrogens with one attached hydrogen (secondary N) is 1. The van der Waals surface area contributed by atoms with Crippen molar-refractivity contribution in [1.82, 2.24) is 10.3 Å². The Morgan fingerprint density at radius 1 is 1.14 bits per heavy atom. The highest BCUT2D eigenvalue weighted by atomic mass is 32.2. The fraction of sp³-hybridized carbons (Fsp3) is 0.286. The van der Waals surface area contributed by atoms with Crippen molar-refractivity contribution >= 4 is 45.2 Å². The first-order valence-corrected chi connectivity index (χ1v) is 12.9. The van der Waals surface area contributed by atoms with Gasteiger partial charge in [0.25, 0.3) is 5.91 Å². The Hall–Kier alpha value is -3.65. The molecule has 0 spiro atoms. The van der Waals surface area contributed by atoms with E-state index in [1.807, 2.05) is 19.1 Å². The summed E-state index contributed by atoms with van der Waals surface area (Å²) >= 11 is 1.77. The van der Waals surface area contributed by atoms with Gasteiger partial charge in [0.1, 0.15) is 11.4 Å². The molecule has 1 aliphatic rings. The van der Waals surface area contributed by atoms with Gasteiger partial charge in [-0.25, -0.2) is 9.78 Å². The molecule has 2 N–H and O–H groups in total. The second-order valence-corrected chi connectivity index (χ2v) is 9.77. The number of ketones is 1. The number of nitrogens with zero attached hydrogens (tertiary/aromatic N) is 1. The van der Waals surface area contributed by atoms with Gasteiger partial charge >= 0.3 is 5.97 Å². The molecular weight excluding hydrogens is 476 g/mol. The van der Waals surface area contributed by atoms with Gasteiger partial charge in [-0.15, -0.1) is 11.8 Å². The molecule has 2 heterocycles. The Bertz CT molecular complexity index is 1330. The Labute approximate surface area is 214 Å². The van der Waals surface area contributed by atoms with Crippen molar-refractivity contribution in [2.75, 3.05) is 12.4 Å². The van der Waals surface area contributed by atoms with Gasteiger partial charge in [-0.3, -0.25) is 9.59 Å². The number of hydrogen-bond donors (Lipinski definition) is 2. The van der Waals surface area contributed by atoms with Crippen molar-refractivity contribution in [1.29, 1.82) is 0 Å². The number of benzene rings is 2. The minimum absolute atomic E-state index is 0.0325. The van der Waals surface area contributed by atoms with Gasteiger partial charge in [0.05, 0.1) is 23.7 Å². The van der Waals surface area contributed by atoms with Crippen LogP contribution in [-0.4, -0.2) is 46.2 Å². The van der Waals surface area contributed by atoms with Crippen molar-refractivity contribution in [2.45, 2.75) is 39.2 Å². The molecule has 36 heavy (non-hydrogen) atoms. The van der Waals surface area contributed by atoms with Crippen LogP contribution in [0.1, 0.15) is 58.7 Å². The molecular formula is C28H28N2O5S. The number of pyridine rings is 1. The molecule has 0 aliphatic carbocycles. The molecule has 7 nitrogen and oxygen atoms in total. The fourth-order valence-corrected chi connectivity index (χ4v) is 4.94. The van der Waals surface area contributed by atoms with Gasteiger partial charge in [0.2, 0.25) is 0 Å². The van der Waals surface area contributed by atoms with E-state index in [4.69, 9.17) is 4.74 Å². The van der Waals surface area contributed by atoms with E-state index < -0.39 is 17.9 Å². The number of rotatable bonds is 9. The van der Waals surface area contributed by atoms with Crippen molar-refractivity contribution < 1.29 is 24.2 Å². The average Bonchev–Trinajstić information content (AvgIpc) is 3.42. The third-order valence-corrected chi connectivity index (χ3v) is 7.01. The molecule has 2 aromatic carbocycles. The summed E-state index contributed by atoms with van der Waals surface area (Å²) in [4.78, 5) is 44.1. The maximum Gasteiger partial charge on any atom is 0.338 e. The van der Waals surface area contributed by atoms with E-state index in [1.165, 1.54) is 25.1 Å². The Kier molecular flexibility index (Phi) is 8.05. The average molecular weight is 505 g/mol. The number of thioether (sulfide) groups is 1. The third kappa shape index (κ3) is 5.94.